The van der Waals surface area contributed by atoms with Crippen molar-refractivity contribution in [2.45, 2.75) is 64.9 Å². The molecule has 4 saturated carbocycles. The third-order valence-electron chi connectivity index (χ3n) is 8.41. The van der Waals surface area contributed by atoms with Crippen LogP contribution in [0.1, 0.15) is 58.8 Å². The van der Waals surface area contributed by atoms with Crippen LogP contribution in [0.3, 0.4) is 0 Å². The number of Topliss-reactive ketones (excluding diaryl/α,β-unsaturated/α-hetero) is 1. The molecule has 7 atom stereocenters. The zero-order valence-corrected chi connectivity index (χ0v) is 14.7. The van der Waals surface area contributed by atoms with Gasteiger partial charge < -0.3 is 10.2 Å². The Balaban J connectivity index is 1.83. The van der Waals surface area contributed by atoms with Crippen molar-refractivity contribution < 1.29 is 19.8 Å². The molecular formula is C20H28O4. The fourth-order valence-electron chi connectivity index (χ4n) is 7.48. The van der Waals surface area contributed by atoms with Gasteiger partial charge in [0, 0.05) is 11.3 Å². The van der Waals surface area contributed by atoms with E-state index in [1.54, 1.807) is 0 Å². The van der Waals surface area contributed by atoms with Crippen molar-refractivity contribution in [3.05, 3.63) is 12.2 Å². The normalized spacial score (nSPS) is 53.5. The lowest BCUT2D eigenvalue weighted by atomic mass is 9.40. The van der Waals surface area contributed by atoms with Gasteiger partial charge in [0.1, 0.15) is 0 Å². The molecule has 0 saturated heterocycles. The average Bonchev–Trinajstić information content (AvgIpc) is 2.68. The molecule has 2 bridgehead atoms. The number of carbonyl (C=O) groups is 2. The van der Waals surface area contributed by atoms with Crippen molar-refractivity contribution in [2.24, 2.45) is 34.0 Å². The number of carbonyl (C=O) groups excluding carboxylic acids is 1. The van der Waals surface area contributed by atoms with Gasteiger partial charge in [-0.25, -0.2) is 0 Å². The van der Waals surface area contributed by atoms with Crippen LogP contribution < -0.4 is 0 Å². The number of aliphatic carboxylic acids is 1. The highest BCUT2D eigenvalue weighted by Crippen LogP contribution is 2.71. The molecule has 0 aromatic carbocycles. The zero-order valence-electron chi connectivity index (χ0n) is 14.7. The van der Waals surface area contributed by atoms with Crippen molar-refractivity contribution in [3.63, 3.8) is 0 Å². The van der Waals surface area contributed by atoms with Crippen LogP contribution in [0.5, 0.6) is 0 Å². The predicted octanol–water partition coefficient (Wildman–Crippen LogP) is 3.19. The minimum absolute atomic E-state index is 0.0275. The van der Waals surface area contributed by atoms with E-state index in [1.165, 1.54) is 0 Å². The van der Waals surface area contributed by atoms with E-state index in [4.69, 9.17) is 0 Å². The fraction of sp³-hybridized carbons (Fsp3) is 0.800. The summed E-state index contributed by atoms with van der Waals surface area (Å²) < 4.78 is 0. The first-order valence-electron chi connectivity index (χ1n) is 9.32. The molecule has 0 aromatic heterocycles. The molecule has 0 radical (unpaired) electrons. The molecule has 4 fully saturated rings. The van der Waals surface area contributed by atoms with Crippen LogP contribution in [-0.2, 0) is 9.59 Å². The Bertz CT molecular complexity index is 640. The van der Waals surface area contributed by atoms with Crippen molar-refractivity contribution in [2.75, 3.05) is 0 Å². The van der Waals surface area contributed by atoms with Gasteiger partial charge in [-0.05, 0) is 68.3 Å². The van der Waals surface area contributed by atoms with E-state index < -0.39 is 22.9 Å². The lowest BCUT2D eigenvalue weighted by Crippen LogP contribution is -2.62. The largest absolute Gasteiger partial charge is 0.481 e. The Morgan fingerprint density at radius 3 is 2.62 bits per heavy atom. The molecule has 2 N–H and O–H groups in total. The molecule has 4 heteroatoms. The molecule has 4 aliphatic rings. The quantitative estimate of drug-likeness (QED) is 0.723. The molecule has 4 nitrogen and oxygen atoms in total. The third kappa shape index (κ3) is 1.68. The second-order valence-electron chi connectivity index (χ2n) is 9.37. The number of hydrogen-bond acceptors (Lipinski definition) is 3. The first-order valence-corrected chi connectivity index (χ1v) is 9.32. The van der Waals surface area contributed by atoms with E-state index in [9.17, 15) is 19.8 Å². The summed E-state index contributed by atoms with van der Waals surface area (Å²) in [5.74, 6) is -0.528. The molecule has 0 aliphatic heterocycles. The van der Waals surface area contributed by atoms with E-state index in [0.29, 0.717) is 24.8 Å². The minimum atomic E-state index is -0.746. The van der Waals surface area contributed by atoms with Gasteiger partial charge in [0.05, 0.1) is 11.5 Å². The van der Waals surface area contributed by atoms with Gasteiger partial charge >= 0.3 is 5.97 Å². The Kier molecular flexibility index (Phi) is 3.21. The lowest BCUT2D eigenvalue weighted by Gasteiger charge is -2.63. The SMILES string of the molecule is C=C1C(=O)[C@@]23CCC4[C@](C)(C(=O)O)CCC[C@@]4(C)[C@@H]2[C@@H](O)C[C@@H]1C3. The van der Waals surface area contributed by atoms with Gasteiger partial charge in [0.15, 0.2) is 5.78 Å². The molecule has 1 spiro atoms. The molecule has 4 rings (SSSR count). The maximum absolute atomic E-state index is 13.1. The maximum atomic E-state index is 13.1. The Morgan fingerprint density at radius 2 is 1.96 bits per heavy atom. The van der Waals surface area contributed by atoms with Crippen LogP contribution in [0.4, 0.5) is 0 Å². The summed E-state index contributed by atoms with van der Waals surface area (Å²) in [5, 5.41) is 20.9. The molecule has 1 unspecified atom stereocenters. The van der Waals surface area contributed by atoms with Crippen molar-refractivity contribution in [1.29, 1.82) is 0 Å². The van der Waals surface area contributed by atoms with E-state index >= 15 is 0 Å². The number of rotatable bonds is 1. The van der Waals surface area contributed by atoms with Crippen LogP contribution in [-0.4, -0.2) is 28.1 Å². The fourth-order valence-corrected chi connectivity index (χ4v) is 7.48. The van der Waals surface area contributed by atoms with Gasteiger partial charge in [-0.3, -0.25) is 9.59 Å². The first kappa shape index (κ1) is 16.3. The lowest BCUT2D eigenvalue weighted by molar-refractivity contribution is -0.199. The monoisotopic (exact) mass is 332 g/mol. The highest BCUT2D eigenvalue weighted by molar-refractivity contribution is 6.03. The van der Waals surface area contributed by atoms with Crippen molar-refractivity contribution in [3.8, 4) is 0 Å². The van der Waals surface area contributed by atoms with Gasteiger partial charge in [0.25, 0.3) is 0 Å². The van der Waals surface area contributed by atoms with Gasteiger partial charge in [0.2, 0.25) is 0 Å². The minimum Gasteiger partial charge on any atom is -0.481 e. The maximum Gasteiger partial charge on any atom is 0.309 e. The van der Waals surface area contributed by atoms with E-state index in [1.807, 2.05) is 6.92 Å². The number of aliphatic hydroxyl groups excluding tert-OH is 1. The summed E-state index contributed by atoms with van der Waals surface area (Å²) >= 11 is 0. The standard InChI is InChI=1S/C20H28O4/c1-11-12-9-13(21)15-18(2)6-4-7-19(3,17(23)24)14(18)5-8-20(15,10-12)16(11)22/h12-15,21H,1,4-10H2,2-3H3,(H,23,24)/t12-,13+,14?,15+,18-,19-,20-/m1/s1. The number of hydrogen-bond donors (Lipinski definition) is 2. The highest BCUT2D eigenvalue weighted by Gasteiger charge is 2.70. The molecule has 0 aromatic rings. The average molecular weight is 332 g/mol. The number of fused-ring (bicyclic) bond motifs is 3. The van der Waals surface area contributed by atoms with Crippen LogP contribution >= 0.6 is 0 Å². The Morgan fingerprint density at radius 1 is 1.25 bits per heavy atom. The first-order chi connectivity index (χ1) is 11.2. The molecule has 132 valence electrons. The second-order valence-corrected chi connectivity index (χ2v) is 9.37. The van der Waals surface area contributed by atoms with Crippen LogP contribution in [0.25, 0.3) is 0 Å². The third-order valence-corrected chi connectivity index (χ3v) is 8.41. The summed E-state index contributed by atoms with van der Waals surface area (Å²) in [4.78, 5) is 25.1. The summed E-state index contributed by atoms with van der Waals surface area (Å²) in [6, 6.07) is 0. The number of allylic oxidation sites excluding steroid dienone is 1. The molecule has 4 aliphatic carbocycles. The summed E-state index contributed by atoms with van der Waals surface area (Å²) in [5.41, 5.74) is -0.810. The summed E-state index contributed by atoms with van der Waals surface area (Å²) in [6.07, 6.45) is 4.86. The van der Waals surface area contributed by atoms with E-state index in [2.05, 4.69) is 13.5 Å². The molecule has 0 amide bonds. The van der Waals surface area contributed by atoms with E-state index in [0.717, 1.165) is 25.7 Å². The smallest absolute Gasteiger partial charge is 0.309 e. The predicted molar refractivity (Wildman–Crippen MR) is 89.2 cm³/mol. The zero-order chi connectivity index (χ0) is 17.5. The number of aliphatic hydroxyl groups is 1. The molecular weight excluding hydrogens is 304 g/mol. The molecule has 24 heavy (non-hydrogen) atoms. The van der Waals surface area contributed by atoms with Gasteiger partial charge in [-0.1, -0.05) is 19.9 Å². The number of ketones is 1. The summed E-state index contributed by atoms with van der Waals surface area (Å²) in [6.45, 7) is 8.06. The van der Waals surface area contributed by atoms with Crippen LogP contribution in [0.2, 0.25) is 0 Å². The second kappa shape index (κ2) is 4.72. The van der Waals surface area contributed by atoms with Crippen molar-refractivity contribution in [1.82, 2.24) is 0 Å². The van der Waals surface area contributed by atoms with Crippen LogP contribution in [0.15, 0.2) is 12.2 Å². The Hall–Kier alpha value is -1.16. The Labute approximate surface area is 143 Å². The van der Waals surface area contributed by atoms with Gasteiger partial charge in [-0.2, -0.15) is 0 Å². The number of carboxylic acid groups (broad SMARTS) is 1. The summed E-state index contributed by atoms with van der Waals surface area (Å²) in [7, 11) is 0. The van der Waals surface area contributed by atoms with Crippen molar-refractivity contribution >= 4 is 11.8 Å². The highest BCUT2D eigenvalue weighted by atomic mass is 16.4. The van der Waals surface area contributed by atoms with Crippen LogP contribution in [0, 0.1) is 34.0 Å². The van der Waals surface area contributed by atoms with E-state index in [-0.39, 0.29) is 29.0 Å². The van der Waals surface area contributed by atoms with Gasteiger partial charge in [-0.15, -0.1) is 0 Å². The molecule has 0 heterocycles. The number of carboxylic acids is 1. The topological polar surface area (TPSA) is 74.6 Å².